The molecule has 7 heteroatoms. The average Bonchev–Trinajstić information content (AvgIpc) is 2.89. The van der Waals surface area contributed by atoms with Crippen LogP contribution in [0.4, 0.5) is 30.4 Å². The number of piperidine rings is 1. The molecule has 1 saturated heterocycles. The van der Waals surface area contributed by atoms with E-state index in [1.807, 2.05) is 24.0 Å². The number of pyridine rings is 1. The van der Waals surface area contributed by atoms with E-state index in [4.69, 9.17) is 0 Å². The molecule has 2 aliphatic rings. The molecule has 1 fully saturated rings. The molecule has 1 aromatic carbocycles. The van der Waals surface area contributed by atoms with E-state index in [9.17, 15) is 13.2 Å². The summed E-state index contributed by atoms with van der Waals surface area (Å²) in [5.74, 6) is 0.603. The summed E-state index contributed by atoms with van der Waals surface area (Å²) in [6.07, 6.45) is -1.87. The Kier molecular flexibility index (Phi) is 4.06. The Bertz CT molecular complexity index is 817. The van der Waals surface area contributed by atoms with Crippen molar-refractivity contribution >= 4 is 17.2 Å². The number of halogens is 3. The minimum absolute atomic E-state index is 0.0672. The standard InChI is InChI=1S/C19H21F3N4/c1-11-3-4-17(24-9-11)25-12-7-13-14-10-23-6-5-16(14)26(2)18(13)15(8-12)19(20,21)22/h3-4,7-9,14,16,23H,5-6,10H2,1-2H3,(H,24,25). The summed E-state index contributed by atoms with van der Waals surface area (Å²) in [4.78, 5) is 6.06. The summed E-state index contributed by atoms with van der Waals surface area (Å²) >= 11 is 0. The maximum atomic E-state index is 13.8. The summed E-state index contributed by atoms with van der Waals surface area (Å²) in [6, 6.07) is 6.80. The Morgan fingerprint density at radius 3 is 2.77 bits per heavy atom. The van der Waals surface area contributed by atoms with Gasteiger partial charge in [0.05, 0.1) is 11.3 Å². The molecule has 0 spiro atoms. The lowest BCUT2D eigenvalue weighted by atomic mass is 9.89. The van der Waals surface area contributed by atoms with Crippen molar-refractivity contribution in [3.8, 4) is 0 Å². The fraction of sp³-hybridized carbons (Fsp3) is 0.421. The van der Waals surface area contributed by atoms with Crippen molar-refractivity contribution in [1.82, 2.24) is 10.3 Å². The predicted molar refractivity (Wildman–Crippen MR) is 96.1 cm³/mol. The molecule has 0 bridgehead atoms. The molecule has 2 aromatic rings. The van der Waals surface area contributed by atoms with Gasteiger partial charge in [0.15, 0.2) is 0 Å². The molecule has 0 saturated carbocycles. The zero-order valence-corrected chi connectivity index (χ0v) is 14.7. The molecule has 4 nitrogen and oxygen atoms in total. The highest BCUT2D eigenvalue weighted by molar-refractivity contribution is 5.74. The van der Waals surface area contributed by atoms with E-state index in [1.54, 1.807) is 19.3 Å². The number of nitrogens with one attached hydrogen (secondary N) is 2. The second-order valence-electron chi connectivity index (χ2n) is 7.08. The van der Waals surface area contributed by atoms with Gasteiger partial charge in [-0.2, -0.15) is 13.2 Å². The number of fused-ring (bicyclic) bond motifs is 3. The van der Waals surface area contributed by atoms with Gasteiger partial charge in [0.25, 0.3) is 0 Å². The number of aryl methyl sites for hydroxylation is 1. The Morgan fingerprint density at radius 2 is 2.08 bits per heavy atom. The van der Waals surface area contributed by atoms with Gasteiger partial charge in [-0.1, -0.05) is 6.07 Å². The largest absolute Gasteiger partial charge is 0.418 e. The molecule has 2 N–H and O–H groups in total. The molecule has 138 valence electrons. The Labute approximate surface area is 150 Å². The van der Waals surface area contributed by atoms with Crippen molar-refractivity contribution in [2.75, 3.05) is 30.4 Å². The molecule has 0 amide bonds. The van der Waals surface area contributed by atoms with Crippen LogP contribution in [-0.4, -0.2) is 31.2 Å². The lowest BCUT2D eigenvalue weighted by Gasteiger charge is -2.31. The van der Waals surface area contributed by atoms with Gasteiger partial charge in [0, 0.05) is 37.4 Å². The predicted octanol–water partition coefficient (Wildman–Crippen LogP) is 4.05. The number of rotatable bonds is 2. The van der Waals surface area contributed by atoms with E-state index >= 15 is 0 Å². The molecular formula is C19H21F3N4. The molecule has 3 heterocycles. The number of aromatic nitrogens is 1. The smallest absolute Gasteiger partial charge is 0.370 e. The number of alkyl halides is 3. The molecular weight excluding hydrogens is 341 g/mol. The molecule has 2 aliphatic heterocycles. The number of hydrogen-bond donors (Lipinski definition) is 2. The number of benzene rings is 1. The SMILES string of the molecule is Cc1ccc(Nc2cc3c(c(C(F)(F)F)c2)N(C)C2CCNCC32)nc1. The average molecular weight is 362 g/mol. The third-order valence-corrected chi connectivity index (χ3v) is 5.32. The third-order valence-electron chi connectivity index (χ3n) is 5.32. The van der Waals surface area contributed by atoms with Gasteiger partial charge in [0.1, 0.15) is 5.82 Å². The molecule has 26 heavy (non-hydrogen) atoms. The lowest BCUT2D eigenvalue weighted by molar-refractivity contribution is -0.137. The van der Waals surface area contributed by atoms with Crippen LogP contribution in [0.3, 0.4) is 0 Å². The maximum Gasteiger partial charge on any atom is 0.418 e. The lowest BCUT2D eigenvalue weighted by Crippen LogP contribution is -2.42. The second-order valence-corrected chi connectivity index (χ2v) is 7.08. The van der Waals surface area contributed by atoms with Crippen LogP contribution in [0.1, 0.15) is 29.0 Å². The molecule has 0 aliphatic carbocycles. The van der Waals surface area contributed by atoms with Gasteiger partial charge in [-0.3, -0.25) is 0 Å². The van der Waals surface area contributed by atoms with E-state index in [-0.39, 0.29) is 12.0 Å². The number of nitrogens with zero attached hydrogens (tertiary/aromatic N) is 2. The van der Waals surface area contributed by atoms with Crippen molar-refractivity contribution in [2.24, 2.45) is 0 Å². The van der Waals surface area contributed by atoms with Crippen molar-refractivity contribution in [3.05, 3.63) is 47.2 Å². The summed E-state index contributed by atoms with van der Waals surface area (Å²) in [7, 11) is 1.78. The second kappa shape index (κ2) is 6.16. The van der Waals surface area contributed by atoms with Crippen LogP contribution in [-0.2, 0) is 6.18 Å². The quantitative estimate of drug-likeness (QED) is 0.846. The van der Waals surface area contributed by atoms with Gasteiger partial charge in [-0.15, -0.1) is 0 Å². The normalized spacial score (nSPS) is 22.1. The van der Waals surface area contributed by atoms with Crippen LogP contribution >= 0.6 is 0 Å². The fourth-order valence-corrected chi connectivity index (χ4v) is 4.10. The first-order chi connectivity index (χ1) is 12.3. The highest BCUT2D eigenvalue weighted by Crippen LogP contribution is 2.50. The van der Waals surface area contributed by atoms with Crippen molar-refractivity contribution in [1.29, 1.82) is 0 Å². The van der Waals surface area contributed by atoms with Crippen molar-refractivity contribution in [2.45, 2.75) is 31.5 Å². The zero-order valence-electron chi connectivity index (χ0n) is 14.7. The minimum atomic E-state index is -4.41. The first kappa shape index (κ1) is 17.1. The highest BCUT2D eigenvalue weighted by atomic mass is 19.4. The van der Waals surface area contributed by atoms with Crippen LogP contribution in [0, 0.1) is 6.92 Å². The minimum Gasteiger partial charge on any atom is -0.370 e. The maximum absolute atomic E-state index is 13.8. The summed E-state index contributed by atoms with van der Waals surface area (Å²) in [5, 5.41) is 6.34. The van der Waals surface area contributed by atoms with E-state index in [2.05, 4.69) is 15.6 Å². The van der Waals surface area contributed by atoms with Gasteiger partial charge >= 0.3 is 6.18 Å². The first-order valence-corrected chi connectivity index (χ1v) is 8.73. The third kappa shape index (κ3) is 2.90. The van der Waals surface area contributed by atoms with Gasteiger partial charge in [0.2, 0.25) is 0 Å². The zero-order chi connectivity index (χ0) is 18.5. The van der Waals surface area contributed by atoms with Gasteiger partial charge in [-0.05, 0) is 49.2 Å². The van der Waals surface area contributed by atoms with Crippen LogP contribution in [0.15, 0.2) is 30.5 Å². The van der Waals surface area contributed by atoms with Crippen molar-refractivity contribution in [3.63, 3.8) is 0 Å². The van der Waals surface area contributed by atoms with Crippen LogP contribution in [0.2, 0.25) is 0 Å². The van der Waals surface area contributed by atoms with Gasteiger partial charge in [-0.25, -0.2) is 4.98 Å². The number of anilines is 3. The van der Waals surface area contributed by atoms with Crippen LogP contribution in [0.25, 0.3) is 0 Å². The van der Waals surface area contributed by atoms with Gasteiger partial charge < -0.3 is 15.5 Å². The number of hydrogen-bond acceptors (Lipinski definition) is 4. The molecule has 1 aromatic heterocycles. The van der Waals surface area contributed by atoms with Crippen molar-refractivity contribution < 1.29 is 13.2 Å². The Morgan fingerprint density at radius 1 is 1.27 bits per heavy atom. The van der Waals surface area contributed by atoms with E-state index < -0.39 is 11.7 Å². The molecule has 4 rings (SSSR count). The fourth-order valence-electron chi connectivity index (χ4n) is 4.10. The van der Waals surface area contributed by atoms with Crippen LogP contribution < -0.4 is 15.5 Å². The molecule has 2 atom stereocenters. The summed E-state index contributed by atoms with van der Waals surface area (Å²) in [6.45, 7) is 3.45. The monoisotopic (exact) mass is 362 g/mol. The topological polar surface area (TPSA) is 40.2 Å². The summed E-state index contributed by atoms with van der Waals surface area (Å²) < 4.78 is 41.3. The van der Waals surface area contributed by atoms with E-state index in [0.717, 1.165) is 24.1 Å². The first-order valence-electron chi connectivity index (χ1n) is 8.73. The Balaban J connectivity index is 1.79. The molecule has 2 unspecified atom stereocenters. The summed E-state index contributed by atoms with van der Waals surface area (Å²) in [5.41, 5.74) is 1.92. The Hall–Kier alpha value is -2.28. The number of likely N-dealkylation sites (N-methyl/N-ethyl adjacent to an activating group) is 1. The van der Waals surface area contributed by atoms with E-state index in [1.165, 1.54) is 6.07 Å². The molecule has 0 radical (unpaired) electrons. The van der Waals surface area contributed by atoms with Crippen LogP contribution in [0.5, 0.6) is 0 Å². The highest BCUT2D eigenvalue weighted by Gasteiger charge is 2.45. The van der Waals surface area contributed by atoms with E-state index in [0.29, 0.717) is 23.7 Å².